The zero-order valence-corrected chi connectivity index (χ0v) is 12.5. The van der Waals surface area contributed by atoms with Crippen LogP contribution >= 0.6 is 0 Å². The van der Waals surface area contributed by atoms with Gasteiger partial charge in [0.25, 0.3) is 0 Å². The standard InChI is InChI=1S/C17H29NO/c1-3-5-15-8-10-16(11-9-15)18-14(2)7-12-17-6-4-13-19-17/h4,6,13-16,18H,3,5,7-12H2,1-2H3. The molecule has 0 aromatic carbocycles. The Morgan fingerprint density at radius 3 is 2.74 bits per heavy atom. The zero-order valence-electron chi connectivity index (χ0n) is 12.5. The second-order valence-electron chi connectivity index (χ2n) is 6.19. The Bertz CT molecular complexity index is 325. The molecule has 0 aliphatic heterocycles. The molecule has 1 aliphatic rings. The highest BCUT2D eigenvalue weighted by atomic mass is 16.3. The van der Waals surface area contributed by atoms with Crippen molar-refractivity contribution < 1.29 is 4.42 Å². The maximum Gasteiger partial charge on any atom is 0.103 e. The van der Waals surface area contributed by atoms with E-state index in [2.05, 4.69) is 25.2 Å². The van der Waals surface area contributed by atoms with Gasteiger partial charge in [-0.25, -0.2) is 0 Å². The molecule has 1 heterocycles. The topological polar surface area (TPSA) is 25.2 Å². The van der Waals surface area contributed by atoms with Gasteiger partial charge < -0.3 is 9.73 Å². The molecule has 2 nitrogen and oxygen atoms in total. The second kappa shape index (κ2) is 7.74. The van der Waals surface area contributed by atoms with Crippen LogP contribution in [0.2, 0.25) is 0 Å². The van der Waals surface area contributed by atoms with Crippen molar-refractivity contribution in [1.29, 1.82) is 0 Å². The summed E-state index contributed by atoms with van der Waals surface area (Å²) < 4.78 is 5.39. The molecule has 1 N–H and O–H groups in total. The van der Waals surface area contributed by atoms with Crippen LogP contribution in [-0.2, 0) is 6.42 Å². The van der Waals surface area contributed by atoms with E-state index in [1.165, 1.54) is 44.9 Å². The smallest absolute Gasteiger partial charge is 0.103 e. The van der Waals surface area contributed by atoms with Crippen molar-refractivity contribution in [2.45, 2.75) is 77.3 Å². The van der Waals surface area contributed by atoms with E-state index >= 15 is 0 Å². The van der Waals surface area contributed by atoms with Gasteiger partial charge in [-0.1, -0.05) is 19.8 Å². The van der Waals surface area contributed by atoms with E-state index < -0.39 is 0 Å². The number of furan rings is 1. The van der Waals surface area contributed by atoms with Gasteiger partial charge in [0.2, 0.25) is 0 Å². The summed E-state index contributed by atoms with van der Waals surface area (Å²) in [5, 5.41) is 3.80. The van der Waals surface area contributed by atoms with Crippen LogP contribution in [0.3, 0.4) is 0 Å². The highest BCUT2D eigenvalue weighted by Gasteiger charge is 2.21. The molecule has 19 heavy (non-hydrogen) atoms. The van der Waals surface area contributed by atoms with Crippen molar-refractivity contribution >= 4 is 0 Å². The first-order valence-electron chi connectivity index (χ1n) is 8.06. The van der Waals surface area contributed by atoms with E-state index in [4.69, 9.17) is 4.42 Å². The average molecular weight is 263 g/mol. The lowest BCUT2D eigenvalue weighted by atomic mass is 9.83. The molecule has 108 valence electrons. The molecule has 0 spiro atoms. The van der Waals surface area contributed by atoms with Gasteiger partial charge in [-0.3, -0.25) is 0 Å². The SMILES string of the molecule is CCCC1CCC(NC(C)CCc2ccco2)CC1. The van der Waals surface area contributed by atoms with Crippen LogP contribution in [0.25, 0.3) is 0 Å². The average Bonchev–Trinajstić information content (AvgIpc) is 2.92. The van der Waals surface area contributed by atoms with Gasteiger partial charge in [0, 0.05) is 18.5 Å². The molecule has 1 fully saturated rings. The monoisotopic (exact) mass is 263 g/mol. The Morgan fingerprint density at radius 1 is 1.32 bits per heavy atom. The summed E-state index contributed by atoms with van der Waals surface area (Å²) in [7, 11) is 0. The van der Waals surface area contributed by atoms with Crippen molar-refractivity contribution in [2.75, 3.05) is 0 Å². The van der Waals surface area contributed by atoms with E-state index in [0.717, 1.165) is 24.1 Å². The molecular formula is C17H29NO. The molecule has 1 aromatic rings. The molecule has 1 saturated carbocycles. The number of hydrogen-bond donors (Lipinski definition) is 1. The number of hydrogen-bond acceptors (Lipinski definition) is 2. The van der Waals surface area contributed by atoms with Crippen LogP contribution in [0.1, 0.15) is 64.6 Å². The Balaban J connectivity index is 1.62. The minimum atomic E-state index is 0.595. The number of aryl methyl sites for hydroxylation is 1. The zero-order chi connectivity index (χ0) is 13.5. The first-order valence-corrected chi connectivity index (χ1v) is 8.06. The summed E-state index contributed by atoms with van der Waals surface area (Å²) in [6.07, 6.45) is 12.4. The predicted molar refractivity (Wildman–Crippen MR) is 80.3 cm³/mol. The molecule has 1 aromatic heterocycles. The Kier molecular flexibility index (Phi) is 5.96. The summed E-state index contributed by atoms with van der Waals surface area (Å²) in [5.41, 5.74) is 0. The summed E-state index contributed by atoms with van der Waals surface area (Å²) in [6.45, 7) is 4.61. The third-order valence-corrected chi connectivity index (χ3v) is 4.47. The highest BCUT2D eigenvalue weighted by Crippen LogP contribution is 2.28. The van der Waals surface area contributed by atoms with E-state index in [0.29, 0.717) is 6.04 Å². The Morgan fingerprint density at radius 2 is 2.11 bits per heavy atom. The first kappa shape index (κ1) is 14.6. The van der Waals surface area contributed by atoms with Crippen molar-refractivity contribution in [3.05, 3.63) is 24.2 Å². The van der Waals surface area contributed by atoms with E-state index in [-0.39, 0.29) is 0 Å². The van der Waals surface area contributed by atoms with Gasteiger partial charge in [-0.05, 0) is 57.1 Å². The van der Waals surface area contributed by atoms with Crippen molar-refractivity contribution in [2.24, 2.45) is 5.92 Å². The molecule has 0 saturated heterocycles. The summed E-state index contributed by atoms with van der Waals surface area (Å²) >= 11 is 0. The van der Waals surface area contributed by atoms with Crippen LogP contribution in [-0.4, -0.2) is 12.1 Å². The minimum absolute atomic E-state index is 0.595. The molecule has 2 heteroatoms. The predicted octanol–water partition coefficient (Wildman–Crippen LogP) is 4.55. The van der Waals surface area contributed by atoms with Gasteiger partial charge in [0.05, 0.1) is 6.26 Å². The van der Waals surface area contributed by atoms with Crippen LogP contribution in [0.15, 0.2) is 22.8 Å². The molecule has 1 atom stereocenters. The van der Waals surface area contributed by atoms with E-state index in [1.807, 2.05) is 6.07 Å². The molecule has 2 rings (SSSR count). The lowest BCUT2D eigenvalue weighted by molar-refractivity contribution is 0.262. The maximum atomic E-state index is 5.39. The Hall–Kier alpha value is -0.760. The first-order chi connectivity index (χ1) is 9.28. The molecule has 1 unspecified atom stereocenters. The van der Waals surface area contributed by atoms with Gasteiger partial charge in [0.15, 0.2) is 0 Å². The van der Waals surface area contributed by atoms with Crippen molar-refractivity contribution in [3.63, 3.8) is 0 Å². The lowest BCUT2D eigenvalue weighted by Gasteiger charge is -2.31. The molecular weight excluding hydrogens is 234 g/mol. The quantitative estimate of drug-likeness (QED) is 0.780. The maximum absolute atomic E-state index is 5.39. The normalized spacial score (nSPS) is 25.4. The van der Waals surface area contributed by atoms with Crippen LogP contribution in [0, 0.1) is 5.92 Å². The molecule has 0 radical (unpaired) electrons. The molecule has 0 bridgehead atoms. The number of rotatable bonds is 7. The summed E-state index contributed by atoms with van der Waals surface area (Å²) in [5.74, 6) is 2.11. The van der Waals surface area contributed by atoms with Gasteiger partial charge >= 0.3 is 0 Å². The van der Waals surface area contributed by atoms with Crippen molar-refractivity contribution in [1.82, 2.24) is 5.32 Å². The van der Waals surface area contributed by atoms with Crippen LogP contribution < -0.4 is 5.32 Å². The molecule has 1 aliphatic carbocycles. The van der Waals surface area contributed by atoms with E-state index in [1.54, 1.807) is 6.26 Å². The largest absolute Gasteiger partial charge is 0.469 e. The molecule has 0 amide bonds. The van der Waals surface area contributed by atoms with Gasteiger partial charge in [0.1, 0.15) is 5.76 Å². The second-order valence-corrected chi connectivity index (χ2v) is 6.19. The fraction of sp³-hybridized carbons (Fsp3) is 0.765. The third-order valence-electron chi connectivity index (χ3n) is 4.47. The van der Waals surface area contributed by atoms with Crippen LogP contribution in [0.5, 0.6) is 0 Å². The van der Waals surface area contributed by atoms with Crippen LogP contribution in [0.4, 0.5) is 0 Å². The minimum Gasteiger partial charge on any atom is -0.469 e. The van der Waals surface area contributed by atoms with E-state index in [9.17, 15) is 0 Å². The lowest BCUT2D eigenvalue weighted by Crippen LogP contribution is -2.39. The fourth-order valence-corrected chi connectivity index (χ4v) is 3.33. The number of nitrogens with one attached hydrogen (secondary N) is 1. The third kappa shape index (κ3) is 5.02. The summed E-state index contributed by atoms with van der Waals surface area (Å²) in [6, 6.07) is 5.39. The summed E-state index contributed by atoms with van der Waals surface area (Å²) in [4.78, 5) is 0. The highest BCUT2D eigenvalue weighted by molar-refractivity contribution is 4.98. The van der Waals surface area contributed by atoms with Gasteiger partial charge in [-0.15, -0.1) is 0 Å². The fourth-order valence-electron chi connectivity index (χ4n) is 3.33. The van der Waals surface area contributed by atoms with Crippen molar-refractivity contribution in [3.8, 4) is 0 Å². The Labute approximate surface area is 118 Å². The van der Waals surface area contributed by atoms with Gasteiger partial charge in [-0.2, -0.15) is 0 Å².